The second-order valence-electron chi connectivity index (χ2n) is 3.70. The van der Waals surface area contributed by atoms with Crippen LogP contribution in [0.4, 0.5) is 0 Å². The molecule has 0 spiro atoms. The molecule has 2 atom stereocenters. The number of hydrogen-bond acceptors (Lipinski definition) is 6. The summed E-state index contributed by atoms with van der Waals surface area (Å²) in [5.41, 5.74) is 0. The maximum Gasteiger partial charge on any atom is 0.104 e. The van der Waals surface area contributed by atoms with E-state index in [4.69, 9.17) is 18.9 Å². The first kappa shape index (κ1) is 13.0. The monoisotopic (exact) mass is 266 g/mol. The van der Waals surface area contributed by atoms with E-state index in [1.165, 1.54) is 0 Å². The van der Waals surface area contributed by atoms with Gasteiger partial charge in [-0.05, 0) is 0 Å². The molecule has 6 heteroatoms. The van der Waals surface area contributed by atoms with Crippen LogP contribution in [0.25, 0.3) is 0 Å². The summed E-state index contributed by atoms with van der Waals surface area (Å²) in [5.74, 6) is 2.06. The highest BCUT2D eigenvalue weighted by Crippen LogP contribution is 2.20. The molecule has 0 aliphatic carbocycles. The third-order valence-corrected chi connectivity index (χ3v) is 4.45. The largest absolute Gasteiger partial charge is 0.378 e. The van der Waals surface area contributed by atoms with E-state index >= 15 is 0 Å². The van der Waals surface area contributed by atoms with Gasteiger partial charge in [-0.15, -0.1) is 0 Å². The second-order valence-corrected chi connectivity index (χ2v) is 6.41. The first-order chi connectivity index (χ1) is 7.95. The zero-order valence-electron chi connectivity index (χ0n) is 9.26. The van der Waals surface area contributed by atoms with Crippen LogP contribution in [0.3, 0.4) is 0 Å². The molecule has 2 heterocycles. The topological polar surface area (TPSA) is 43.5 Å². The van der Waals surface area contributed by atoms with Crippen LogP contribution in [-0.2, 0) is 18.9 Å². The molecular weight excluding hydrogens is 248 g/mol. The lowest BCUT2D eigenvalue weighted by molar-refractivity contribution is 0.130. The van der Waals surface area contributed by atoms with Crippen LogP contribution in [0.15, 0.2) is 0 Å². The molecule has 94 valence electrons. The summed E-state index contributed by atoms with van der Waals surface area (Å²) in [6, 6.07) is 0. The van der Waals surface area contributed by atoms with E-state index in [1.54, 1.807) is 0 Å². The Labute approximate surface area is 104 Å². The van der Waals surface area contributed by atoms with Crippen molar-refractivity contribution in [2.45, 2.75) is 12.2 Å². The van der Waals surface area contributed by atoms with Crippen molar-refractivity contribution in [2.75, 3.05) is 51.1 Å². The van der Waals surface area contributed by atoms with Crippen molar-refractivity contribution >= 4 is 21.6 Å². The van der Waals surface area contributed by atoms with Crippen LogP contribution >= 0.6 is 21.6 Å². The number of ether oxygens (including phenoxy) is 4. The lowest BCUT2D eigenvalue weighted by atomic mass is 10.5. The first-order valence-corrected chi connectivity index (χ1v) is 8.07. The fourth-order valence-electron chi connectivity index (χ4n) is 1.06. The van der Waals surface area contributed by atoms with Crippen LogP contribution in [0.1, 0.15) is 0 Å². The molecule has 0 bridgehead atoms. The maximum absolute atomic E-state index is 5.42. The Morgan fingerprint density at radius 3 is 1.69 bits per heavy atom. The Morgan fingerprint density at radius 2 is 1.31 bits per heavy atom. The standard InChI is InChI=1S/C10H18O4S2/c1(11-5-9-7-13-9)3-15-16-4-2-12-6-10-8-14-10/h9-10H,1-8H2. The zero-order chi connectivity index (χ0) is 11.1. The molecule has 2 saturated heterocycles. The minimum absolute atomic E-state index is 0.385. The van der Waals surface area contributed by atoms with E-state index < -0.39 is 0 Å². The molecule has 2 unspecified atom stereocenters. The van der Waals surface area contributed by atoms with E-state index in [9.17, 15) is 0 Å². The molecule has 0 amide bonds. The second kappa shape index (κ2) is 7.79. The molecule has 0 N–H and O–H groups in total. The van der Waals surface area contributed by atoms with Gasteiger partial charge in [-0.3, -0.25) is 0 Å². The highest BCUT2D eigenvalue weighted by atomic mass is 33.1. The minimum atomic E-state index is 0.385. The molecule has 2 fully saturated rings. The quantitative estimate of drug-likeness (QED) is 0.318. The van der Waals surface area contributed by atoms with E-state index in [1.807, 2.05) is 21.6 Å². The fraction of sp³-hybridized carbons (Fsp3) is 1.00. The van der Waals surface area contributed by atoms with Crippen molar-refractivity contribution in [3.8, 4) is 0 Å². The van der Waals surface area contributed by atoms with Gasteiger partial charge < -0.3 is 18.9 Å². The van der Waals surface area contributed by atoms with Crippen molar-refractivity contribution in [1.29, 1.82) is 0 Å². The summed E-state index contributed by atoms with van der Waals surface area (Å²) in [6.07, 6.45) is 0.770. The molecule has 2 rings (SSSR count). The van der Waals surface area contributed by atoms with Gasteiger partial charge in [0.2, 0.25) is 0 Å². The van der Waals surface area contributed by atoms with Crippen LogP contribution in [-0.4, -0.2) is 63.4 Å². The van der Waals surface area contributed by atoms with Crippen molar-refractivity contribution in [1.82, 2.24) is 0 Å². The van der Waals surface area contributed by atoms with Gasteiger partial charge in [-0.1, -0.05) is 21.6 Å². The van der Waals surface area contributed by atoms with Crippen LogP contribution in [0.5, 0.6) is 0 Å². The van der Waals surface area contributed by atoms with Gasteiger partial charge in [0.15, 0.2) is 0 Å². The lowest BCUT2D eigenvalue weighted by Crippen LogP contribution is -2.05. The average Bonchev–Trinajstić information content (AvgIpc) is 3.14. The minimum Gasteiger partial charge on any atom is -0.378 e. The summed E-state index contributed by atoms with van der Waals surface area (Å²) in [4.78, 5) is 0. The van der Waals surface area contributed by atoms with Gasteiger partial charge in [0, 0.05) is 11.5 Å². The van der Waals surface area contributed by atoms with Gasteiger partial charge in [-0.2, -0.15) is 0 Å². The number of rotatable bonds is 11. The Balaban J connectivity index is 1.22. The highest BCUT2D eigenvalue weighted by molar-refractivity contribution is 8.76. The summed E-state index contributed by atoms with van der Waals surface area (Å²) >= 11 is 0. The third-order valence-electron chi connectivity index (χ3n) is 2.12. The molecule has 2 aliphatic rings. The van der Waals surface area contributed by atoms with Gasteiger partial charge in [0.25, 0.3) is 0 Å². The van der Waals surface area contributed by atoms with Gasteiger partial charge >= 0.3 is 0 Å². The van der Waals surface area contributed by atoms with Crippen molar-refractivity contribution in [3.05, 3.63) is 0 Å². The molecule has 0 saturated carbocycles. The molecule has 0 aromatic heterocycles. The van der Waals surface area contributed by atoms with Gasteiger partial charge in [0.05, 0.1) is 39.6 Å². The SMILES string of the molecule is C(CSSCCOCC1CO1)OCC1CO1. The Morgan fingerprint density at radius 1 is 0.875 bits per heavy atom. The lowest BCUT2D eigenvalue weighted by Gasteiger charge is -2.03. The van der Waals surface area contributed by atoms with Crippen LogP contribution in [0, 0.1) is 0 Å². The normalized spacial score (nSPS) is 27.0. The van der Waals surface area contributed by atoms with E-state index in [-0.39, 0.29) is 0 Å². The van der Waals surface area contributed by atoms with Gasteiger partial charge in [-0.25, -0.2) is 0 Å². The van der Waals surface area contributed by atoms with E-state index in [0.29, 0.717) is 12.2 Å². The van der Waals surface area contributed by atoms with E-state index in [2.05, 4.69) is 0 Å². The van der Waals surface area contributed by atoms with Gasteiger partial charge in [0.1, 0.15) is 12.2 Å². The molecule has 4 nitrogen and oxygen atoms in total. The van der Waals surface area contributed by atoms with E-state index in [0.717, 1.165) is 51.1 Å². The van der Waals surface area contributed by atoms with Crippen LogP contribution in [0.2, 0.25) is 0 Å². The maximum atomic E-state index is 5.42. The number of hydrogen-bond donors (Lipinski definition) is 0. The molecule has 16 heavy (non-hydrogen) atoms. The number of epoxide rings is 2. The Kier molecular flexibility index (Phi) is 6.32. The first-order valence-electron chi connectivity index (χ1n) is 5.58. The predicted molar refractivity (Wildman–Crippen MR) is 66.0 cm³/mol. The summed E-state index contributed by atoms with van der Waals surface area (Å²) < 4.78 is 20.9. The molecule has 0 aromatic rings. The molecule has 2 aliphatic heterocycles. The highest BCUT2D eigenvalue weighted by Gasteiger charge is 2.22. The zero-order valence-corrected chi connectivity index (χ0v) is 10.9. The average molecular weight is 266 g/mol. The summed E-state index contributed by atoms with van der Waals surface area (Å²) in [6.45, 7) is 4.90. The van der Waals surface area contributed by atoms with Crippen LogP contribution < -0.4 is 0 Å². The third kappa shape index (κ3) is 6.98. The van der Waals surface area contributed by atoms with Crippen molar-refractivity contribution in [2.24, 2.45) is 0 Å². The van der Waals surface area contributed by atoms with Crippen molar-refractivity contribution in [3.63, 3.8) is 0 Å². The smallest absolute Gasteiger partial charge is 0.104 e. The summed E-state index contributed by atoms with van der Waals surface area (Å²) in [5, 5.41) is 0. The molecule has 0 radical (unpaired) electrons. The van der Waals surface area contributed by atoms with Crippen molar-refractivity contribution < 1.29 is 18.9 Å². The fourth-order valence-corrected chi connectivity index (χ4v) is 2.78. The summed E-state index contributed by atoms with van der Waals surface area (Å²) in [7, 11) is 3.68. The molecule has 0 aromatic carbocycles. The predicted octanol–water partition coefficient (Wildman–Crippen LogP) is 1.20. The Bertz CT molecular complexity index is 166. The Hall–Kier alpha value is 0.540. The molecular formula is C10H18O4S2.